The molecule has 1 aromatic rings. The van der Waals surface area contributed by atoms with Gasteiger partial charge in [0.1, 0.15) is 0 Å². The molecule has 1 rings (SSSR count). The van der Waals surface area contributed by atoms with Crippen LogP contribution >= 0.6 is 23.4 Å². The van der Waals surface area contributed by atoms with Crippen molar-refractivity contribution in [3.8, 4) is 0 Å². The fourth-order valence-electron chi connectivity index (χ4n) is 1.46. The van der Waals surface area contributed by atoms with Crippen molar-refractivity contribution < 1.29 is 4.79 Å². The van der Waals surface area contributed by atoms with E-state index in [4.69, 9.17) is 17.3 Å². The molecule has 3 N–H and O–H groups in total. The number of nitrogens with one attached hydrogen (secondary N) is 1. The summed E-state index contributed by atoms with van der Waals surface area (Å²) in [6, 6.07) is 5.10. The Labute approximate surface area is 124 Å². The van der Waals surface area contributed by atoms with Gasteiger partial charge in [-0.1, -0.05) is 32.4 Å². The van der Waals surface area contributed by atoms with Gasteiger partial charge in [0.15, 0.2) is 0 Å². The van der Waals surface area contributed by atoms with Crippen molar-refractivity contribution in [3.63, 3.8) is 0 Å². The summed E-state index contributed by atoms with van der Waals surface area (Å²) in [6.45, 7) is 6.52. The van der Waals surface area contributed by atoms with Crippen LogP contribution in [0.5, 0.6) is 0 Å². The summed E-state index contributed by atoms with van der Waals surface area (Å²) >= 11 is 7.69. The molecule has 19 heavy (non-hydrogen) atoms. The molecule has 1 aromatic carbocycles. The minimum atomic E-state index is 0.0104. The summed E-state index contributed by atoms with van der Waals surface area (Å²) in [5.74, 6) is 0.996. The molecule has 0 heterocycles. The molecule has 0 unspecified atom stereocenters. The van der Waals surface area contributed by atoms with Crippen LogP contribution in [-0.2, 0) is 4.79 Å². The quantitative estimate of drug-likeness (QED) is 0.634. The van der Waals surface area contributed by atoms with Crippen LogP contribution in [0.3, 0.4) is 0 Å². The molecule has 0 aliphatic rings. The summed E-state index contributed by atoms with van der Waals surface area (Å²) in [7, 11) is 0. The van der Waals surface area contributed by atoms with Gasteiger partial charge < -0.3 is 11.1 Å². The zero-order valence-electron chi connectivity index (χ0n) is 11.6. The zero-order chi connectivity index (χ0) is 14.5. The first-order valence-corrected chi connectivity index (χ1v) is 7.63. The average molecular weight is 301 g/mol. The van der Waals surface area contributed by atoms with E-state index in [-0.39, 0.29) is 10.7 Å². The summed E-state index contributed by atoms with van der Waals surface area (Å²) < 4.78 is 0.251. The van der Waals surface area contributed by atoms with Gasteiger partial charge in [0.05, 0.1) is 10.7 Å². The van der Waals surface area contributed by atoms with E-state index >= 15 is 0 Å². The minimum Gasteiger partial charge on any atom is -0.397 e. The molecule has 3 nitrogen and oxygen atoms in total. The van der Waals surface area contributed by atoms with Gasteiger partial charge in [-0.25, -0.2) is 0 Å². The second kappa shape index (κ2) is 7.06. The number of halogens is 1. The monoisotopic (exact) mass is 300 g/mol. The molecular weight excluding hydrogens is 280 g/mol. The lowest BCUT2D eigenvalue weighted by atomic mass is 10.2. The largest absolute Gasteiger partial charge is 0.397 e. The van der Waals surface area contributed by atoms with Crippen LogP contribution in [-0.4, -0.2) is 16.4 Å². The van der Waals surface area contributed by atoms with Crippen molar-refractivity contribution >= 4 is 40.6 Å². The molecule has 0 radical (unpaired) electrons. The minimum absolute atomic E-state index is 0.0104. The predicted octanol–water partition coefficient (Wildman–Crippen LogP) is 4.17. The number of thioether (sulfide) groups is 1. The molecule has 0 saturated heterocycles. The topological polar surface area (TPSA) is 55.1 Å². The third-order valence-corrected chi connectivity index (χ3v) is 4.07. The highest BCUT2D eigenvalue weighted by atomic mass is 35.5. The maximum absolute atomic E-state index is 11.7. The first-order chi connectivity index (χ1) is 8.78. The van der Waals surface area contributed by atoms with Crippen LogP contribution in [0, 0.1) is 0 Å². The molecule has 0 fully saturated rings. The Morgan fingerprint density at radius 1 is 1.42 bits per heavy atom. The fraction of sp³-hybridized carbons (Fsp3) is 0.500. The number of nitrogens with two attached hydrogens (primary N) is 1. The Kier molecular flexibility index (Phi) is 6.01. The second-order valence-electron chi connectivity index (χ2n) is 5.35. The second-order valence-corrected chi connectivity index (χ2v) is 7.68. The Morgan fingerprint density at radius 2 is 2.11 bits per heavy atom. The normalized spacial score (nSPS) is 11.4. The number of carbonyl (C=O) groups is 1. The number of nitrogen functional groups attached to an aromatic ring is 1. The maximum Gasteiger partial charge on any atom is 0.224 e. The third-order valence-electron chi connectivity index (χ3n) is 2.36. The van der Waals surface area contributed by atoms with Crippen molar-refractivity contribution in [2.45, 2.75) is 38.4 Å². The van der Waals surface area contributed by atoms with E-state index in [0.29, 0.717) is 22.8 Å². The van der Waals surface area contributed by atoms with Gasteiger partial charge >= 0.3 is 0 Å². The molecule has 0 spiro atoms. The molecule has 0 aliphatic heterocycles. The highest BCUT2D eigenvalue weighted by molar-refractivity contribution is 8.00. The standard InChI is InChI=1S/C14H21ClN2OS/c1-14(2,3)19-8-4-5-13(18)17-10-6-7-11(15)12(16)9-10/h6-7,9H,4-5,8,16H2,1-3H3,(H,17,18). The van der Waals surface area contributed by atoms with Crippen LogP contribution in [0.2, 0.25) is 5.02 Å². The van der Waals surface area contributed by atoms with E-state index in [0.717, 1.165) is 12.2 Å². The van der Waals surface area contributed by atoms with Crippen molar-refractivity contribution in [1.82, 2.24) is 0 Å². The molecule has 5 heteroatoms. The molecule has 0 atom stereocenters. The maximum atomic E-state index is 11.7. The van der Waals surface area contributed by atoms with Gasteiger partial charge in [-0.3, -0.25) is 4.79 Å². The van der Waals surface area contributed by atoms with Crippen LogP contribution in [0.1, 0.15) is 33.6 Å². The van der Waals surface area contributed by atoms with Gasteiger partial charge in [-0.2, -0.15) is 11.8 Å². The number of rotatable bonds is 5. The Bertz CT molecular complexity index is 444. The third kappa shape index (κ3) is 6.73. The Hall–Kier alpha value is -0.870. The molecule has 0 saturated carbocycles. The van der Waals surface area contributed by atoms with Crippen LogP contribution < -0.4 is 11.1 Å². The van der Waals surface area contributed by atoms with Gasteiger partial charge in [0.25, 0.3) is 0 Å². The lowest BCUT2D eigenvalue weighted by molar-refractivity contribution is -0.116. The first kappa shape index (κ1) is 16.2. The number of hydrogen-bond donors (Lipinski definition) is 2. The van der Waals surface area contributed by atoms with Gasteiger partial charge in [0.2, 0.25) is 5.91 Å². The van der Waals surface area contributed by atoms with Crippen molar-refractivity contribution in [2.75, 3.05) is 16.8 Å². The molecule has 106 valence electrons. The number of carbonyl (C=O) groups excluding carboxylic acids is 1. The molecule has 1 amide bonds. The van der Waals surface area contributed by atoms with Crippen molar-refractivity contribution in [3.05, 3.63) is 23.2 Å². The summed E-state index contributed by atoms with van der Waals surface area (Å²) in [5, 5.41) is 3.32. The van der Waals surface area contributed by atoms with Crippen LogP contribution in [0.25, 0.3) is 0 Å². The number of anilines is 2. The lowest BCUT2D eigenvalue weighted by Gasteiger charge is -2.17. The highest BCUT2D eigenvalue weighted by Crippen LogP contribution is 2.24. The van der Waals surface area contributed by atoms with Gasteiger partial charge in [-0.15, -0.1) is 0 Å². The van der Waals surface area contributed by atoms with Crippen LogP contribution in [0.15, 0.2) is 18.2 Å². The smallest absolute Gasteiger partial charge is 0.224 e. The van der Waals surface area contributed by atoms with Gasteiger partial charge in [0, 0.05) is 16.9 Å². The van der Waals surface area contributed by atoms with Gasteiger partial charge in [-0.05, 0) is 30.4 Å². The van der Waals surface area contributed by atoms with E-state index < -0.39 is 0 Å². The van der Waals surface area contributed by atoms with E-state index in [9.17, 15) is 4.79 Å². The summed E-state index contributed by atoms with van der Waals surface area (Å²) in [5.41, 5.74) is 6.84. The molecular formula is C14H21ClN2OS. The highest BCUT2D eigenvalue weighted by Gasteiger charge is 2.10. The molecule has 0 aliphatic carbocycles. The molecule has 0 bridgehead atoms. The Morgan fingerprint density at radius 3 is 2.68 bits per heavy atom. The lowest BCUT2D eigenvalue weighted by Crippen LogP contribution is -2.13. The average Bonchev–Trinajstić information content (AvgIpc) is 2.28. The van der Waals surface area contributed by atoms with E-state index in [1.165, 1.54) is 0 Å². The summed E-state index contributed by atoms with van der Waals surface area (Å²) in [4.78, 5) is 11.7. The van der Waals surface area contributed by atoms with Crippen molar-refractivity contribution in [1.29, 1.82) is 0 Å². The Balaban J connectivity index is 2.33. The number of amides is 1. The predicted molar refractivity (Wildman–Crippen MR) is 85.9 cm³/mol. The van der Waals surface area contributed by atoms with Crippen LogP contribution in [0.4, 0.5) is 11.4 Å². The molecule has 0 aromatic heterocycles. The van der Waals surface area contributed by atoms with E-state index in [1.54, 1.807) is 18.2 Å². The number of benzene rings is 1. The SMILES string of the molecule is CC(C)(C)SCCCC(=O)Nc1ccc(Cl)c(N)c1. The first-order valence-electron chi connectivity index (χ1n) is 6.27. The number of hydrogen-bond acceptors (Lipinski definition) is 3. The van der Waals surface area contributed by atoms with E-state index in [1.807, 2.05) is 11.8 Å². The fourth-order valence-corrected chi connectivity index (χ4v) is 2.47. The zero-order valence-corrected chi connectivity index (χ0v) is 13.2. The summed E-state index contributed by atoms with van der Waals surface area (Å²) in [6.07, 6.45) is 1.39. The van der Waals surface area contributed by atoms with Crippen molar-refractivity contribution in [2.24, 2.45) is 0 Å². The van der Waals surface area contributed by atoms with E-state index in [2.05, 4.69) is 26.1 Å².